The van der Waals surface area contributed by atoms with E-state index in [2.05, 4.69) is 7.49 Å². The Bertz CT molecular complexity index is 58.7. The Morgan fingerprint density at radius 2 is 2.20 bits per heavy atom. The fourth-order valence-electron chi connectivity index (χ4n) is 0. The second-order valence-corrected chi connectivity index (χ2v) is 0.543. The number of hydrogen-bond donors (Lipinski definition) is 1. The molecule has 5 heavy (non-hydrogen) atoms. The maximum absolute atomic E-state index is 9.09. The molecule has 0 aromatic heterocycles. The molecule has 0 aromatic rings. The van der Waals surface area contributed by atoms with Crippen molar-refractivity contribution in [3.05, 3.63) is 0 Å². The van der Waals surface area contributed by atoms with Gasteiger partial charge in [-0.3, -0.25) is 0 Å². The van der Waals surface area contributed by atoms with Gasteiger partial charge in [-0.05, 0) is 0 Å². The monoisotopic (exact) mass is 69.0 g/mol. The van der Waals surface area contributed by atoms with E-state index in [1.54, 1.807) is 0 Å². The third kappa shape index (κ3) is 3.40. The Labute approximate surface area is 30.5 Å². The van der Waals surface area contributed by atoms with Crippen LogP contribution in [0.15, 0.2) is 0 Å². The summed E-state index contributed by atoms with van der Waals surface area (Å²) in [6, 6.07) is 0. The average Bonchev–Trinajstić information content (AvgIpc) is 1.38. The van der Waals surface area contributed by atoms with E-state index in [0.717, 1.165) is 0 Å². The second kappa shape index (κ2) is 1.70. The van der Waals surface area contributed by atoms with Gasteiger partial charge < -0.3 is 0 Å². The predicted octanol–water partition coefficient (Wildman–Crippen LogP) is -1.14. The fraction of sp³-hybridized carbons (Fsp3) is 0. The molecule has 1 N–H and O–H groups in total. The molecule has 0 heterocycles. The number of carbonyl (C=O) groups is 1. The first kappa shape index (κ1) is 4.40. The fourth-order valence-corrected chi connectivity index (χ4v) is 0. The summed E-state index contributed by atoms with van der Waals surface area (Å²) in [6.07, 6.45) is 0.167. The number of aldehydes is 1. The summed E-state index contributed by atoms with van der Waals surface area (Å²) < 4.78 is 0. The van der Waals surface area contributed by atoms with Gasteiger partial charge in [-0.2, -0.15) is 0 Å². The standard InChI is InChI=1S/C2H2BO2/c3-2(5)1-4/h1,5H. The molecule has 0 amide bonds. The minimum atomic E-state index is -0.676. The molecule has 0 rings (SSSR count). The number of hydrogen-bond acceptors (Lipinski definition) is 2. The Balaban J connectivity index is 3.20. The van der Waals surface area contributed by atoms with Crippen LogP contribution in [0.5, 0.6) is 0 Å². The molecule has 0 unspecified atom stereocenters. The van der Waals surface area contributed by atoms with Crippen LogP contribution in [0.4, 0.5) is 0 Å². The zero-order valence-electron chi connectivity index (χ0n) is 2.51. The SMILES string of the molecule is [B]=C(O)C=O. The minimum absolute atomic E-state index is 0.167. The van der Waals surface area contributed by atoms with Crippen LogP contribution in [0.25, 0.3) is 0 Å². The van der Waals surface area contributed by atoms with Gasteiger partial charge in [-0.25, -0.2) is 0 Å². The molecule has 2 nitrogen and oxygen atoms in total. The summed E-state index contributed by atoms with van der Waals surface area (Å²) >= 11 is 0. The van der Waals surface area contributed by atoms with Crippen LogP contribution in [-0.4, -0.2) is 24.5 Å². The molecule has 0 spiro atoms. The summed E-state index contributed by atoms with van der Waals surface area (Å²) in [5.41, 5.74) is -0.676. The summed E-state index contributed by atoms with van der Waals surface area (Å²) in [5, 5.41) is 7.69. The molecule has 0 aliphatic rings. The summed E-state index contributed by atoms with van der Waals surface area (Å²) in [5.74, 6) is 0. The van der Waals surface area contributed by atoms with Gasteiger partial charge in [0.1, 0.15) is 0 Å². The molecule has 0 aliphatic heterocycles. The van der Waals surface area contributed by atoms with Gasteiger partial charge in [0.2, 0.25) is 0 Å². The van der Waals surface area contributed by atoms with Crippen LogP contribution in [0, 0.1) is 0 Å². The van der Waals surface area contributed by atoms with E-state index in [9.17, 15) is 0 Å². The molecular formula is C2H2BO2. The Hall–Kier alpha value is -0.595. The van der Waals surface area contributed by atoms with Gasteiger partial charge >= 0.3 is 29.3 Å². The second-order valence-electron chi connectivity index (χ2n) is 0.543. The Morgan fingerprint density at radius 3 is 2.20 bits per heavy atom. The van der Waals surface area contributed by atoms with Crippen molar-refractivity contribution in [3.63, 3.8) is 0 Å². The first-order valence-electron chi connectivity index (χ1n) is 1.04. The van der Waals surface area contributed by atoms with Crippen LogP contribution in [0.3, 0.4) is 0 Å². The Morgan fingerprint density at radius 1 is 2.00 bits per heavy atom. The van der Waals surface area contributed by atoms with Crippen molar-refractivity contribution < 1.29 is 9.90 Å². The summed E-state index contributed by atoms with van der Waals surface area (Å²) in [7, 11) is 4.40. The third-order valence-corrected chi connectivity index (χ3v) is 0.121. The molecule has 0 aliphatic carbocycles. The van der Waals surface area contributed by atoms with E-state index in [0.29, 0.717) is 0 Å². The molecule has 0 saturated carbocycles. The molecular weight excluding hydrogens is 66.8 g/mol. The first-order valence-corrected chi connectivity index (χ1v) is 1.04. The van der Waals surface area contributed by atoms with Gasteiger partial charge in [-0.15, -0.1) is 0 Å². The van der Waals surface area contributed by atoms with Crippen molar-refractivity contribution in [1.29, 1.82) is 0 Å². The predicted molar refractivity (Wildman–Crippen MR) is 18.8 cm³/mol. The van der Waals surface area contributed by atoms with E-state index < -0.39 is 5.65 Å². The van der Waals surface area contributed by atoms with E-state index in [-0.39, 0.29) is 6.29 Å². The van der Waals surface area contributed by atoms with Crippen LogP contribution in [0.2, 0.25) is 0 Å². The van der Waals surface area contributed by atoms with Crippen LogP contribution in [0.1, 0.15) is 0 Å². The number of carbonyl (C=O) groups excluding carboxylic acids is 1. The number of aliphatic hydroxyl groups is 1. The quantitative estimate of drug-likeness (QED) is 0.312. The molecule has 1 radical (unpaired) electrons. The molecule has 0 aromatic carbocycles. The van der Waals surface area contributed by atoms with Gasteiger partial charge in [0.25, 0.3) is 0 Å². The maximum atomic E-state index is 9.09. The van der Waals surface area contributed by atoms with Gasteiger partial charge in [0.05, 0.1) is 0 Å². The van der Waals surface area contributed by atoms with Crippen molar-refractivity contribution in [2.24, 2.45) is 0 Å². The number of rotatable bonds is 1. The average molecular weight is 68.8 g/mol. The van der Waals surface area contributed by atoms with Crippen LogP contribution in [-0.2, 0) is 4.79 Å². The van der Waals surface area contributed by atoms with Crippen molar-refractivity contribution in [3.8, 4) is 0 Å². The van der Waals surface area contributed by atoms with E-state index >= 15 is 0 Å². The van der Waals surface area contributed by atoms with Crippen LogP contribution < -0.4 is 0 Å². The van der Waals surface area contributed by atoms with Gasteiger partial charge in [0.15, 0.2) is 0 Å². The zero-order valence-corrected chi connectivity index (χ0v) is 2.51. The van der Waals surface area contributed by atoms with Crippen molar-refractivity contribution in [1.82, 2.24) is 0 Å². The summed E-state index contributed by atoms with van der Waals surface area (Å²) in [6.45, 7) is 0. The number of aliphatic hydroxyl groups excluding tert-OH is 1. The van der Waals surface area contributed by atoms with Gasteiger partial charge in [-0.1, -0.05) is 0 Å². The normalized spacial score (nSPS) is 6.20. The first-order chi connectivity index (χ1) is 2.27. The molecule has 0 fully saturated rings. The van der Waals surface area contributed by atoms with E-state index in [1.165, 1.54) is 0 Å². The zero-order chi connectivity index (χ0) is 4.28. The van der Waals surface area contributed by atoms with E-state index in [1.807, 2.05) is 0 Å². The van der Waals surface area contributed by atoms with E-state index in [4.69, 9.17) is 9.90 Å². The Kier molecular flexibility index (Phi) is 1.50. The summed E-state index contributed by atoms with van der Waals surface area (Å²) in [4.78, 5) is 9.09. The molecule has 3 heteroatoms. The van der Waals surface area contributed by atoms with Crippen molar-refractivity contribution in [2.75, 3.05) is 0 Å². The van der Waals surface area contributed by atoms with Crippen LogP contribution >= 0.6 is 0 Å². The molecule has 0 bridgehead atoms. The molecule has 25 valence electrons. The molecule has 0 saturated heterocycles. The van der Waals surface area contributed by atoms with Crippen molar-refractivity contribution in [2.45, 2.75) is 0 Å². The third-order valence-electron chi connectivity index (χ3n) is 0.121. The molecule has 0 atom stereocenters. The van der Waals surface area contributed by atoms with Crippen molar-refractivity contribution >= 4 is 19.4 Å². The topological polar surface area (TPSA) is 37.3 Å². The van der Waals surface area contributed by atoms with Gasteiger partial charge in [0, 0.05) is 0 Å².